The molecule has 0 saturated heterocycles. The molecule has 0 saturated carbocycles. The second-order valence-electron chi connectivity index (χ2n) is 3.61. The van der Waals surface area contributed by atoms with Crippen molar-refractivity contribution in [2.75, 3.05) is 0 Å². The standard InChI is InChI=1S/C10H12BrN/c1-7-2-3-9-8(4-7)5-12-6-10(9)11/h5-7H,2-4H2,1H3. The minimum Gasteiger partial charge on any atom is -0.263 e. The SMILES string of the molecule is CC1CCc2c(Br)cncc2C1. The van der Waals surface area contributed by atoms with Crippen LogP contribution in [0.5, 0.6) is 0 Å². The van der Waals surface area contributed by atoms with E-state index in [0.29, 0.717) is 0 Å². The van der Waals surface area contributed by atoms with Gasteiger partial charge in [0.05, 0.1) is 0 Å². The van der Waals surface area contributed by atoms with Crippen LogP contribution in [-0.2, 0) is 12.8 Å². The van der Waals surface area contributed by atoms with Gasteiger partial charge in [0, 0.05) is 16.9 Å². The monoisotopic (exact) mass is 225 g/mol. The summed E-state index contributed by atoms with van der Waals surface area (Å²) in [6.07, 6.45) is 7.63. The molecule has 0 bridgehead atoms. The highest BCUT2D eigenvalue weighted by molar-refractivity contribution is 9.10. The number of fused-ring (bicyclic) bond motifs is 1. The first kappa shape index (κ1) is 8.24. The fourth-order valence-electron chi connectivity index (χ4n) is 1.83. The van der Waals surface area contributed by atoms with Crippen LogP contribution in [0.4, 0.5) is 0 Å². The Bertz CT molecular complexity index is 296. The molecule has 2 heteroatoms. The van der Waals surface area contributed by atoms with E-state index in [1.54, 1.807) is 0 Å². The van der Waals surface area contributed by atoms with E-state index in [1.165, 1.54) is 34.9 Å². The zero-order valence-electron chi connectivity index (χ0n) is 7.18. The number of hydrogen-bond donors (Lipinski definition) is 0. The molecule has 1 aliphatic carbocycles. The van der Waals surface area contributed by atoms with Crippen molar-refractivity contribution in [3.05, 3.63) is 28.0 Å². The van der Waals surface area contributed by atoms with E-state index >= 15 is 0 Å². The number of hydrogen-bond acceptors (Lipinski definition) is 1. The lowest BCUT2D eigenvalue weighted by atomic mass is 9.86. The van der Waals surface area contributed by atoms with Crippen LogP contribution in [0.15, 0.2) is 16.9 Å². The van der Waals surface area contributed by atoms with Crippen LogP contribution >= 0.6 is 15.9 Å². The fourth-order valence-corrected chi connectivity index (χ4v) is 2.40. The fraction of sp³-hybridized carbons (Fsp3) is 0.500. The molecular weight excluding hydrogens is 214 g/mol. The third-order valence-corrected chi connectivity index (χ3v) is 3.23. The lowest BCUT2D eigenvalue weighted by Crippen LogP contribution is -2.11. The van der Waals surface area contributed by atoms with Crippen molar-refractivity contribution in [3.8, 4) is 0 Å². The minimum absolute atomic E-state index is 0.827. The molecule has 1 aromatic rings. The third kappa shape index (κ3) is 1.40. The molecule has 1 heterocycles. The Morgan fingerprint density at radius 3 is 3.17 bits per heavy atom. The summed E-state index contributed by atoms with van der Waals surface area (Å²) >= 11 is 3.54. The summed E-state index contributed by atoms with van der Waals surface area (Å²) in [5.74, 6) is 0.827. The molecule has 0 spiro atoms. The van der Waals surface area contributed by atoms with Crippen molar-refractivity contribution in [2.45, 2.75) is 26.2 Å². The zero-order valence-corrected chi connectivity index (χ0v) is 8.76. The van der Waals surface area contributed by atoms with Gasteiger partial charge in [0.25, 0.3) is 0 Å². The number of aromatic nitrogens is 1. The molecule has 0 aromatic carbocycles. The van der Waals surface area contributed by atoms with Gasteiger partial charge in [-0.15, -0.1) is 0 Å². The van der Waals surface area contributed by atoms with Crippen molar-refractivity contribution in [2.24, 2.45) is 5.92 Å². The van der Waals surface area contributed by atoms with Crippen molar-refractivity contribution in [1.82, 2.24) is 4.98 Å². The predicted octanol–water partition coefficient (Wildman–Crippen LogP) is 2.97. The van der Waals surface area contributed by atoms with Gasteiger partial charge in [-0.25, -0.2) is 0 Å². The topological polar surface area (TPSA) is 12.9 Å². The number of rotatable bonds is 0. The van der Waals surface area contributed by atoms with E-state index in [9.17, 15) is 0 Å². The van der Waals surface area contributed by atoms with Crippen molar-refractivity contribution in [3.63, 3.8) is 0 Å². The quantitative estimate of drug-likeness (QED) is 0.662. The van der Waals surface area contributed by atoms with Gasteiger partial charge in [-0.2, -0.15) is 0 Å². The number of pyridine rings is 1. The molecule has 0 fully saturated rings. The van der Waals surface area contributed by atoms with Crippen LogP contribution < -0.4 is 0 Å². The third-order valence-electron chi connectivity index (χ3n) is 2.55. The van der Waals surface area contributed by atoms with Gasteiger partial charge < -0.3 is 0 Å². The minimum atomic E-state index is 0.827. The molecule has 12 heavy (non-hydrogen) atoms. The van der Waals surface area contributed by atoms with Gasteiger partial charge >= 0.3 is 0 Å². The first-order valence-electron chi connectivity index (χ1n) is 4.38. The average Bonchev–Trinajstić information content (AvgIpc) is 2.04. The highest BCUT2D eigenvalue weighted by Gasteiger charge is 2.16. The molecular formula is C10H12BrN. The molecule has 0 radical (unpaired) electrons. The molecule has 0 N–H and O–H groups in total. The Balaban J connectivity index is 2.42. The van der Waals surface area contributed by atoms with Crippen LogP contribution in [0.2, 0.25) is 0 Å². The van der Waals surface area contributed by atoms with Crippen LogP contribution in [0, 0.1) is 5.92 Å². The molecule has 1 aromatic heterocycles. The Kier molecular flexibility index (Phi) is 2.18. The summed E-state index contributed by atoms with van der Waals surface area (Å²) < 4.78 is 1.19. The van der Waals surface area contributed by atoms with E-state index in [4.69, 9.17) is 0 Å². The van der Waals surface area contributed by atoms with Crippen LogP contribution in [0.3, 0.4) is 0 Å². The van der Waals surface area contributed by atoms with Crippen LogP contribution in [0.1, 0.15) is 24.5 Å². The second-order valence-corrected chi connectivity index (χ2v) is 4.46. The Morgan fingerprint density at radius 2 is 2.33 bits per heavy atom. The molecule has 1 atom stereocenters. The molecule has 64 valence electrons. The Hall–Kier alpha value is -0.370. The summed E-state index contributed by atoms with van der Waals surface area (Å²) in [5, 5.41) is 0. The molecule has 1 unspecified atom stereocenters. The van der Waals surface area contributed by atoms with E-state index in [0.717, 1.165) is 5.92 Å². The lowest BCUT2D eigenvalue weighted by Gasteiger charge is -2.21. The molecule has 1 aliphatic rings. The number of halogens is 1. The van der Waals surface area contributed by atoms with E-state index in [2.05, 4.69) is 27.8 Å². The normalized spacial score (nSPS) is 22.0. The Labute approximate surface area is 81.3 Å². The lowest BCUT2D eigenvalue weighted by molar-refractivity contribution is 0.498. The summed E-state index contributed by atoms with van der Waals surface area (Å²) in [6, 6.07) is 0. The maximum atomic E-state index is 4.19. The highest BCUT2D eigenvalue weighted by Crippen LogP contribution is 2.29. The zero-order chi connectivity index (χ0) is 8.55. The maximum Gasteiger partial charge on any atom is 0.0413 e. The number of nitrogens with zero attached hydrogens (tertiary/aromatic N) is 1. The van der Waals surface area contributed by atoms with E-state index in [-0.39, 0.29) is 0 Å². The molecule has 1 nitrogen and oxygen atoms in total. The largest absolute Gasteiger partial charge is 0.263 e. The summed E-state index contributed by atoms with van der Waals surface area (Å²) in [4.78, 5) is 4.19. The molecule has 0 amide bonds. The summed E-state index contributed by atoms with van der Waals surface area (Å²) in [6.45, 7) is 2.31. The maximum absolute atomic E-state index is 4.19. The smallest absolute Gasteiger partial charge is 0.0413 e. The molecule has 2 rings (SSSR count). The average molecular weight is 226 g/mol. The Morgan fingerprint density at radius 1 is 1.50 bits per heavy atom. The summed E-state index contributed by atoms with van der Waals surface area (Å²) in [7, 11) is 0. The van der Waals surface area contributed by atoms with Crippen molar-refractivity contribution >= 4 is 15.9 Å². The van der Waals surface area contributed by atoms with Crippen molar-refractivity contribution in [1.29, 1.82) is 0 Å². The van der Waals surface area contributed by atoms with Gasteiger partial charge in [0.2, 0.25) is 0 Å². The van der Waals surface area contributed by atoms with Crippen LogP contribution in [0.25, 0.3) is 0 Å². The summed E-state index contributed by atoms with van der Waals surface area (Å²) in [5.41, 5.74) is 2.91. The predicted molar refractivity (Wildman–Crippen MR) is 53.1 cm³/mol. The first-order chi connectivity index (χ1) is 5.77. The van der Waals surface area contributed by atoms with Gasteiger partial charge in [-0.3, -0.25) is 4.98 Å². The first-order valence-corrected chi connectivity index (χ1v) is 5.18. The van der Waals surface area contributed by atoms with Crippen LogP contribution in [-0.4, -0.2) is 4.98 Å². The van der Waals surface area contributed by atoms with Gasteiger partial charge in [-0.1, -0.05) is 6.92 Å². The van der Waals surface area contributed by atoms with Gasteiger partial charge in [0.1, 0.15) is 0 Å². The van der Waals surface area contributed by atoms with E-state index < -0.39 is 0 Å². The highest BCUT2D eigenvalue weighted by atomic mass is 79.9. The van der Waals surface area contributed by atoms with Gasteiger partial charge in [-0.05, 0) is 52.2 Å². The van der Waals surface area contributed by atoms with E-state index in [1.807, 2.05) is 12.4 Å². The molecule has 0 aliphatic heterocycles. The van der Waals surface area contributed by atoms with Gasteiger partial charge in [0.15, 0.2) is 0 Å². The second kappa shape index (κ2) is 3.17. The van der Waals surface area contributed by atoms with Crippen molar-refractivity contribution < 1.29 is 0 Å².